The van der Waals surface area contributed by atoms with Crippen molar-refractivity contribution in [3.63, 3.8) is 0 Å². The van der Waals surface area contributed by atoms with Crippen molar-refractivity contribution in [3.8, 4) is 11.5 Å². The van der Waals surface area contributed by atoms with E-state index in [1.54, 1.807) is 43.5 Å². The van der Waals surface area contributed by atoms with Crippen LogP contribution < -0.4 is 15.8 Å². The summed E-state index contributed by atoms with van der Waals surface area (Å²) in [6.07, 6.45) is 0. The SMILES string of the molecule is COc1ccc(N)cc1CNC(=O)c1ccc(C)cc1O. The summed E-state index contributed by atoms with van der Waals surface area (Å²) in [5.74, 6) is 0.265. The van der Waals surface area contributed by atoms with Gasteiger partial charge in [0, 0.05) is 17.8 Å². The minimum Gasteiger partial charge on any atom is -0.507 e. The number of amides is 1. The van der Waals surface area contributed by atoms with Crippen molar-refractivity contribution in [2.75, 3.05) is 12.8 Å². The third-order valence-corrected chi connectivity index (χ3v) is 3.14. The van der Waals surface area contributed by atoms with Crippen molar-refractivity contribution in [1.82, 2.24) is 5.32 Å². The summed E-state index contributed by atoms with van der Waals surface area (Å²) in [6.45, 7) is 2.11. The van der Waals surface area contributed by atoms with Gasteiger partial charge in [0.25, 0.3) is 5.91 Å². The Morgan fingerprint density at radius 1 is 1.29 bits per heavy atom. The van der Waals surface area contributed by atoms with E-state index in [0.717, 1.165) is 11.1 Å². The van der Waals surface area contributed by atoms with Gasteiger partial charge in [0.1, 0.15) is 11.5 Å². The number of nitrogens with one attached hydrogen (secondary N) is 1. The number of benzene rings is 2. The maximum atomic E-state index is 12.1. The van der Waals surface area contributed by atoms with Crippen LogP contribution in [-0.2, 0) is 6.54 Å². The highest BCUT2D eigenvalue weighted by molar-refractivity contribution is 5.96. The molecule has 110 valence electrons. The molecule has 0 saturated heterocycles. The number of nitrogen functional groups attached to an aromatic ring is 1. The molecule has 0 radical (unpaired) electrons. The zero-order chi connectivity index (χ0) is 15.4. The van der Waals surface area contributed by atoms with Gasteiger partial charge in [0.15, 0.2) is 0 Å². The Labute approximate surface area is 123 Å². The smallest absolute Gasteiger partial charge is 0.255 e. The first-order chi connectivity index (χ1) is 10.0. The van der Waals surface area contributed by atoms with Crippen LogP contribution in [0, 0.1) is 6.92 Å². The number of rotatable bonds is 4. The molecule has 2 aromatic carbocycles. The Balaban J connectivity index is 2.12. The molecular weight excluding hydrogens is 268 g/mol. The van der Waals surface area contributed by atoms with E-state index >= 15 is 0 Å². The van der Waals surface area contributed by atoms with Crippen molar-refractivity contribution in [3.05, 3.63) is 53.1 Å². The summed E-state index contributed by atoms with van der Waals surface area (Å²) in [5, 5.41) is 12.5. The Hall–Kier alpha value is -2.69. The third kappa shape index (κ3) is 3.45. The lowest BCUT2D eigenvalue weighted by molar-refractivity contribution is 0.0948. The zero-order valence-corrected chi connectivity index (χ0v) is 12.0. The minimum absolute atomic E-state index is 0.0351. The number of aromatic hydroxyl groups is 1. The number of phenols is 1. The molecule has 2 aromatic rings. The van der Waals surface area contributed by atoms with Crippen molar-refractivity contribution in [1.29, 1.82) is 0 Å². The van der Waals surface area contributed by atoms with Crippen LogP contribution in [0.25, 0.3) is 0 Å². The van der Waals surface area contributed by atoms with Crippen LogP contribution in [0.15, 0.2) is 36.4 Å². The van der Waals surface area contributed by atoms with Crippen LogP contribution in [0.1, 0.15) is 21.5 Å². The first-order valence-electron chi connectivity index (χ1n) is 6.51. The van der Waals surface area contributed by atoms with Gasteiger partial charge < -0.3 is 20.9 Å². The van der Waals surface area contributed by atoms with Crippen LogP contribution in [0.3, 0.4) is 0 Å². The summed E-state index contributed by atoms with van der Waals surface area (Å²) < 4.78 is 5.22. The summed E-state index contributed by atoms with van der Waals surface area (Å²) in [6, 6.07) is 10.1. The Kier molecular flexibility index (Phi) is 4.33. The zero-order valence-electron chi connectivity index (χ0n) is 12.0. The molecule has 0 aliphatic heterocycles. The Morgan fingerprint density at radius 2 is 2.05 bits per heavy atom. The van der Waals surface area contributed by atoms with Gasteiger partial charge in [-0.25, -0.2) is 0 Å². The maximum Gasteiger partial charge on any atom is 0.255 e. The van der Waals surface area contributed by atoms with Gasteiger partial charge in [0.05, 0.1) is 12.7 Å². The minimum atomic E-state index is -0.350. The molecule has 21 heavy (non-hydrogen) atoms. The lowest BCUT2D eigenvalue weighted by Gasteiger charge is -2.11. The summed E-state index contributed by atoms with van der Waals surface area (Å²) in [7, 11) is 1.56. The number of aryl methyl sites for hydroxylation is 1. The molecule has 0 spiro atoms. The normalized spacial score (nSPS) is 10.2. The number of carbonyl (C=O) groups is 1. The fourth-order valence-electron chi connectivity index (χ4n) is 2.04. The van der Waals surface area contributed by atoms with Crippen LogP contribution in [0.5, 0.6) is 11.5 Å². The molecule has 0 bridgehead atoms. The van der Waals surface area contributed by atoms with Crippen LogP contribution in [-0.4, -0.2) is 18.1 Å². The molecule has 0 fully saturated rings. The maximum absolute atomic E-state index is 12.1. The molecule has 2 rings (SSSR count). The number of hydrogen-bond acceptors (Lipinski definition) is 4. The lowest BCUT2D eigenvalue weighted by Crippen LogP contribution is -2.23. The molecule has 0 saturated carbocycles. The molecule has 5 nitrogen and oxygen atoms in total. The van der Waals surface area contributed by atoms with Gasteiger partial charge in [-0.05, 0) is 42.8 Å². The average Bonchev–Trinajstić information content (AvgIpc) is 2.45. The van der Waals surface area contributed by atoms with E-state index in [1.165, 1.54) is 0 Å². The Bertz CT molecular complexity index is 669. The second kappa shape index (κ2) is 6.17. The van der Waals surface area contributed by atoms with Crippen molar-refractivity contribution in [2.24, 2.45) is 0 Å². The van der Waals surface area contributed by atoms with Crippen molar-refractivity contribution >= 4 is 11.6 Å². The second-order valence-electron chi connectivity index (χ2n) is 4.77. The van der Waals surface area contributed by atoms with Gasteiger partial charge >= 0.3 is 0 Å². The largest absolute Gasteiger partial charge is 0.507 e. The van der Waals surface area contributed by atoms with Crippen LogP contribution in [0.2, 0.25) is 0 Å². The number of phenolic OH excluding ortho intramolecular Hbond substituents is 1. The molecule has 1 amide bonds. The van der Waals surface area contributed by atoms with E-state index in [0.29, 0.717) is 11.4 Å². The topological polar surface area (TPSA) is 84.6 Å². The second-order valence-corrected chi connectivity index (χ2v) is 4.77. The first kappa shape index (κ1) is 14.7. The highest BCUT2D eigenvalue weighted by atomic mass is 16.5. The van der Waals surface area contributed by atoms with Gasteiger partial charge in [-0.15, -0.1) is 0 Å². The molecular formula is C16H18N2O3. The number of carbonyl (C=O) groups excluding carboxylic acids is 1. The van der Waals surface area contributed by atoms with Crippen LogP contribution in [0.4, 0.5) is 5.69 Å². The van der Waals surface area contributed by atoms with Gasteiger partial charge in [0.2, 0.25) is 0 Å². The lowest BCUT2D eigenvalue weighted by atomic mass is 10.1. The summed E-state index contributed by atoms with van der Waals surface area (Å²) >= 11 is 0. The molecule has 0 atom stereocenters. The summed E-state index contributed by atoms with van der Waals surface area (Å²) in [4.78, 5) is 12.1. The number of anilines is 1. The van der Waals surface area contributed by atoms with E-state index in [-0.39, 0.29) is 23.8 Å². The number of methoxy groups -OCH3 is 1. The predicted octanol–water partition coefficient (Wildman–Crippen LogP) is 2.22. The van der Waals surface area contributed by atoms with E-state index < -0.39 is 0 Å². The van der Waals surface area contributed by atoms with E-state index in [1.807, 2.05) is 6.92 Å². The third-order valence-electron chi connectivity index (χ3n) is 3.14. The van der Waals surface area contributed by atoms with Gasteiger partial charge in [-0.1, -0.05) is 6.07 Å². The standard InChI is InChI=1S/C16H18N2O3/c1-10-3-5-13(14(19)7-10)16(20)18-9-11-8-12(17)4-6-15(11)21-2/h3-8,19H,9,17H2,1-2H3,(H,18,20). The summed E-state index contributed by atoms with van der Waals surface area (Å²) in [5.41, 5.74) is 8.23. The van der Waals surface area contributed by atoms with Gasteiger partial charge in [-0.3, -0.25) is 4.79 Å². The quantitative estimate of drug-likeness (QED) is 0.752. The van der Waals surface area contributed by atoms with Crippen LogP contribution >= 0.6 is 0 Å². The van der Waals surface area contributed by atoms with Crippen molar-refractivity contribution < 1.29 is 14.6 Å². The molecule has 0 aliphatic carbocycles. The fourth-order valence-corrected chi connectivity index (χ4v) is 2.04. The highest BCUT2D eigenvalue weighted by Gasteiger charge is 2.12. The Morgan fingerprint density at radius 3 is 2.71 bits per heavy atom. The number of ether oxygens (including phenoxy) is 1. The highest BCUT2D eigenvalue weighted by Crippen LogP contribution is 2.22. The fraction of sp³-hybridized carbons (Fsp3) is 0.188. The number of nitrogens with two attached hydrogens (primary N) is 1. The number of hydrogen-bond donors (Lipinski definition) is 3. The molecule has 5 heteroatoms. The monoisotopic (exact) mass is 286 g/mol. The molecule has 0 aromatic heterocycles. The average molecular weight is 286 g/mol. The molecule has 0 heterocycles. The molecule has 4 N–H and O–H groups in total. The van der Waals surface area contributed by atoms with E-state index in [9.17, 15) is 9.90 Å². The predicted molar refractivity (Wildman–Crippen MR) is 81.4 cm³/mol. The van der Waals surface area contributed by atoms with Crippen molar-refractivity contribution in [2.45, 2.75) is 13.5 Å². The molecule has 0 unspecified atom stereocenters. The first-order valence-corrected chi connectivity index (χ1v) is 6.51. The molecule has 0 aliphatic rings. The van der Waals surface area contributed by atoms with E-state index in [4.69, 9.17) is 10.5 Å². The van der Waals surface area contributed by atoms with Gasteiger partial charge in [-0.2, -0.15) is 0 Å². The van der Waals surface area contributed by atoms with E-state index in [2.05, 4.69) is 5.32 Å².